The highest BCUT2D eigenvalue weighted by molar-refractivity contribution is 7.10. The Morgan fingerprint density at radius 1 is 1.10 bits per heavy atom. The molecule has 1 aromatic heterocycles. The van der Waals surface area contributed by atoms with Gasteiger partial charge in [-0.25, -0.2) is 9.80 Å². The van der Waals surface area contributed by atoms with Gasteiger partial charge in [0.25, 0.3) is 0 Å². The van der Waals surface area contributed by atoms with Crippen molar-refractivity contribution in [2.75, 3.05) is 35.5 Å². The van der Waals surface area contributed by atoms with Crippen molar-refractivity contribution in [3.8, 4) is 0 Å². The van der Waals surface area contributed by atoms with Gasteiger partial charge in [0.1, 0.15) is 0 Å². The Bertz CT molecular complexity index is 1070. The van der Waals surface area contributed by atoms with Crippen molar-refractivity contribution in [1.82, 2.24) is 0 Å². The van der Waals surface area contributed by atoms with Crippen LogP contribution in [0.2, 0.25) is 5.02 Å². The van der Waals surface area contributed by atoms with Crippen LogP contribution in [0.5, 0.6) is 0 Å². The van der Waals surface area contributed by atoms with Crippen molar-refractivity contribution in [3.63, 3.8) is 0 Å². The second-order valence-electron chi connectivity index (χ2n) is 7.13. The Balaban J connectivity index is 1.84. The monoisotopic (exact) mass is 454 g/mol. The summed E-state index contributed by atoms with van der Waals surface area (Å²) in [6.45, 7) is 2.06. The van der Waals surface area contributed by atoms with E-state index in [2.05, 4.69) is 0 Å². The summed E-state index contributed by atoms with van der Waals surface area (Å²) in [4.78, 5) is 17.9. The minimum Gasteiger partial charge on any atom is -0.460 e. The lowest BCUT2D eigenvalue weighted by molar-refractivity contribution is -0.135. The fourth-order valence-corrected chi connectivity index (χ4v) is 4.34. The molecule has 0 bridgehead atoms. The molecule has 2 aromatic carbocycles. The summed E-state index contributed by atoms with van der Waals surface area (Å²) in [5.74, 6) is -0.218. The molecular weight excluding hydrogens is 432 g/mol. The molecular formula is C23H23ClN4O2S. The first-order valence-corrected chi connectivity index (χ1v) is 11.2. The van der Waals surface area contributed by atoms with Crippen molar-refractivity contribution in [2.45, 2.75) is 13.1 Å². The van der Waals surface area contributed by atoms with E-state index in [1.165, 1.54) is 0 Å². The number of rotatable bonds is 6. The number of benzene rings is 2. The summed E-state index contributed by atoms with van der Waals surface area (Å²) in [6, 6.07) is 19.5. The lowest BCUT2D eigenvalue weighted by Gasteiger charge is -2.31. The molecule has 4 rings (SSSR count). The Morgan fingerprint density at radius 3 is 2.35 bits per heavy atom. The molecule has 0 saturated carbocycles. The van der Waals surface area contributed by atoms with Gasteiger partial charge in [0.2, 0.25) is 5.84 Å². The highest BCUT2D eigenvalue weighted by atomic mass is 35.5. The summed E-state index contributed by atoms with van der Waals surface area (Å²) < 4.78 is 5.34. The number of nitrogens with zero attached hydrogens (tertiary/aromatic N) is 4. The van der Waals surface area contributed by atoms with Crippen LogP contribution >= 0.6 is 22.9 Å². The molecule has 0 amide bonds. The number of halogens is 1. The minimum atomic E-state index is -0.461. The van der Waals surface area contributed by atoms with E-state index in [1.54, 1.807) is 18.3 Å². The molecule has 6 nitrogen and oxygen atoms in total. The smallest absolute Gasteiger partial charge is 0.376 e. The van der Waals surface area contributed by atoms with E-state index in [1.807, 2.05) is 94.9 Å². The summed E-state index contributed by atoms with van der Waals surface area (Å²) in [7, 11) is 3.99. The van der Waals surface area contributed by atoms with Crippen LogP contribution in [0.1, 0.15) is 18.0 Å². The number of hydrogen-bond acceptors (Lipinski definition) is 7. The van der Waals surface area contributed by atoms with Gasteiger partial charge in [0.15, 0.2) is 6.17 Å². The number of hydrogen-bond donors (Lipinski definition) is 0. The van der Waals surface area contributed by atoms with E-state index in [0.717, 1.165) is 21.9 Å². The topological polar surface area (TPSA) is 48.4 Å². The third-order valence-electron chi connectivity index (χ3n) is 4.90. The maximum atomic E-state index is 12.9. The molecule has 0 aliphatic carbocycles. The highest BCUT2D eigenvalue weighted by Gasteiger charge is 2.41. The van der Waals surface area contributed by atoms with Crippen molar-refractivity contribution in [1.29, 1.82) is 0 Å². The second kappa shape index (κ2) is 8.99. The van der Waals surface area contributed by atoms with E-state index >= 15 is 0 Å². The molecule has 0 radical (unpaired) electrons. The molecule has 2 heterocycles. The first-order chi connectivity index (χ1) is 15.0. The molecule has 1 aliphatic heterocycles. The SMILES string of the molecule is CCOC(=O)C1=NN(c2ccc(Cl)cc2)C(c2cccs2)N1c1ccc(N(C)C)cc1. The quantitative estimate of drug-likeness (QED) is 0.468. The van der Waals surface area contributed by atoms with Crippen LogP contribution in [0.3, 0.4) is 0 Å². The Kier molecular flexibility index (Phi) is 6.15. The summed E-state index contributed by atoms with van der Waals surface area (Å²) in [5.41, 5.74) is 2.75. The van der Waals surface area contributed by atoms with Crippen LogP contribution < -0.4 is 14.8 Å². The molecule has 0 saturated heterocycles. The van der Waals surface area contributed by atoms with Crippen LogP contribution in [-0.2, 0) is 9.53 Å². The normalized spacial score (nSPS) is 15.7. The molecule has 160 valence electrons. The minimum absolute atomic E-state index is 0.243. The third-order valence-corrected chi connectivity index (χ3v) is 6.06. The Hall–Kier alpha value is -3.03. The number of carbonyl (C=O) groups excluding carboxylic acids is 1. The van der Waals surface area contributed by atoms with Crippen LogP contribution in [0, 0.1) is 0 Å². The number of anilines is 3. The molecule has 0 spiro atoms. The van der Waals surface area contributed by atoms with Gasteiger partial charge in [0, 0.05) is 35.4 Å². The van der Waals surface area contributed by atoms with Crippen LogP contribution in [-0.4, -0.2) is 32.5 Å². The standard InChI is InChI=1S/C23H23ClN4O2S/c1-4-30-23(29)21-25-28(19-9-7-16(24)8-10-19)22(20-6-5-15-31-20)27(21)18-13-11-17(12-14-18)26(2)3/h5-15,22H,4H2,1-3H3. The zero-order valence-electron chi connectivity index (χ0n) is 17.5. The van der Waals surface area contributed by atoms with Crippen LogP contribution in [0.25, 0.3) is 0 Å². The molecule has 0 N–H and O–H groups in total. The van der Waals surface area contributed by atoms with E-state index in [4.69, 9.17) is 21.4 Å². The van der Waals surface area contributed by atoms with Crippen LogP contribution in [0.4, 0.5) is 17.1 Å². The van der Waals surface area contributed by atoms with Crippen molar-refractivity contribution in [2.24, 2.45) is 5.10 Å². The van der Waals surface area contributed by atoms with Crippen molar-refractivity contribution < 1.29 is 9.53 Å². The second-order valence-corrected chi connectivity index (χ2v) is 8.55. The van der Waals surface area contributed by atoms with Crippen LogP contribution in [0.15, 0.2) is 71.1 Å². The van der Waals surface area contributed by atoms with Gasteiger partial charge in [-0.3, -0.25) is 4.90 Å². The van der Waals surface area contributed by atoms with Gasteiger partial charge in [-0.05, 0) is 66.9 Å². The van der Waals surface area contributed by atoms with Crippen molar-refractivity contribution in [3.05, 3.63) is 75.9 Å². The highest BCUT2D eigenvalue weighted by Crippen LogP contribution is 2.41. The molecule has 0 fully saturated rings. The average molecular weight is 455 g/mol. The van der Waals surface area contributed by atoms with Crippen molar-refractivity contribution >= 4 is 51.8 Å². The molecule has 3 aromatic rings. The number of esters is 1. The molecule has 1 unspecified atom stereocenters. The van der Waals surface area contributed by atoms with Gasteiger partial charge < -0.3 is 9.64 Å². The summed E-state index contributed by atoms with van der Waals surface area (Å²) >= 11 is 7.71. The summed E-state index contributed by atoms with van der Waals surface area (Å²) in [6.07, 6.45) is -0.328. The number of hydrazone groups is 1. The average Bonchev–Trinajstić information content (AvgIpc) is 3.42. The van der Waals surface area contributed by atoms with Gasteiger partial charge in [-0.1, -0.05) is 17.7 Å². The lowest BCUT2D eigenvalue weighted by Crippen LogP contribution is -2.38. The fourth-order valence-electron chi connectivity index (χ4n) is 3.42. The Morgan fingerprint density at radius 2 is 1.77 bits per heavy atom. The first kappa shape index (κ1) is 21.2. The van der Waals surface area contributed by atoms with Gasteiger partial charge in [-0.2, -0.15) is 0 Å². The fraction of sp³-hybridized carbons (Fsp3) is 0.217. The third kappa shape index (κ3) is 4.24. The van der Waals surface area contributed by atoms with Gasteiger partial charge >= 0.3 is 5.97 Å². The first-order valence-electron chi connectivity index (χ1n) is 9.90. The van der Waals surface area contributed by atoms with E-state index in [0.29, 0.717) is 5.02 Å². The van der Waals surface area contributed by atoms with E-state index < -0.39 is 5.97 Å². The molecule has 1 aliphatic rings. The largest absolute Gasteiger partial charge is 0.460 e. The maximum absolute atomic E-state index is 12.9. The van der Waals surface area contributed by atoms with Gasteiger partial charge in [0.05, 0.1) is 12.3 Å². The number of carbonyl (C=O) groups is 1. The lowest BCUT2D eigenvalue weighted by atomic mass is 10.2. The summed E-state index contributed by atoms with van der Waals surface area (Å²) in [5, 5.41) is 9.21. The zero-order chi connectivity index (χ0) is 22.0. The number of ether oxygens (including phenoxy) is 1. The maximum Gasteiger partial charge on any atom is 0.376 e. The Labute approximate surface area is 190 Å². The molecule has 8 heteroatoms. The van der Waals surface area contributed by atoms with E-state index in [9.17, 15) is 4.79 Å². The van der Waals surface area contributed by atoms with Gasteiger partial charge in [-0.15, -0.1) is 16.4 Å². The predicted octanol–water partition coefficient (Wildman–Crippen LogP) is 5.37. The molecule has 31 heavy (non-hydrogen) atoms. The van der Waals surface area contributed by atoms with E-state index in [-0.39, 0.29) is 18.6 Å². The zero-order valence-corrected chi connectivity index (χ0v) is 19.1. The molecule has 1 atom stereocenters. The number of amidine groups is 1. The number of thiophene rings is 1. The predicted molar refractivity (Wildman–Crippen MR) is 128 cm³/mol.